The molecule has 4 heteroatoms. The molecule has 1 N–H and O–H groups in total. The summed E-state index contributed by atoms with van der Waals surface area (Å²) < 4.78 is 37.6. The van der Waals surface area contributed by atoms with Gasteiger partial charge in [-0.3, -0.25) is 0 Å². The fraction of sp³-hybridized carbons (Fsp3) is 0.111. The van der Waals surface area contributed by atoms with Gasteiger partial charge in [0, 0.05) is 11.8 Å². The summed E-state index contributed by atoms with van der Waals surface area (Å²) in [4.78, 5) is 0. The summed E-state index contributed by atoms with van der Waals surface area (Å²) in [6.45, 7) is 0. The first-order valence-electron chi connectivity index (χ1n) is 6.81. The zero-order valence-electron chi connectivity index (χ0n) is 11.6. The highest BCUT2D eigenvalue weighted by Gasteiger charge is 2.29. The highest BCUT2D eigenvalue weighted by Crippen LogP contribution is 2.32. The molecule has 1 nitrogen and oxygen atoms in total. The Bertz CT molecular complexity index is 805. The summed E-state index contributed by atoms with van der Waals surface area (Å²) in [7, 11) is 0. The second-order valence-corrected chi connectivity index (χ2v) is 5.17. The van der Waals surface area contributed by atoms with Crippen molar-refractivity contribution in [2.75, 3.05) is 0 Å². The molecule has 0 saturated carbocycles. The molecule has 3 rings (SSSR count). The normalized spacial score (nSPS) is 11.8. The maximum absolute atomic E-state index is 12.5. The van der Waals surface area contributed by atoms with Crippen molar-refractivity contribution in [3.05, 3.63) is 77.4 Å². The lowest BCUT2D eigenvalue weighted by atomic mass is 9.99. The topological polar surface area (TPSA) is 20.2 Å². The number of alkyl halides is 3. The molecule has 0 fully saturated rings. The Hall–Kier alpha value is -2.49. The van der Waals surface area contributed by atoms with Gasteiger partial charge in [0.05, 0.1) is 5.56 Å². The maximum atomic E-state index is 12.5. The monoisotopic (exact) mass is 302 g/mol. The summed E-state index contributed by atoms with van der Waals surface area (Å²) in [5.41, 5.74) is 0.746. The molecule has 0 aliphatic rings. The Morgan fingerprint density at radius 3 is 2.18 bits per heavy atom. The second-order valence-electron chi connectivity index (χ2n) is 5.17. The van der Waals surface area contributed by atoms with E-state index in [1.165, 1.54) is 12.1 Å². The van der Waals surface area contributed by atoms with Crippen LogP contribution in [0, 0.1) is 0 Å². The van der Waals surface area contributed by atoms with Crippen LogP contribution in [-0.2, 0) is 12.6 Å². The summed E-state index contributed by atoms with van der Waals surface area (Å²) in [6, 6.07) is 16.2. The Morgan fingerprint density at radius 1 is 0.818 bits per heavy atom. The zero-order valence-corrected chi connectivity index (χ0v) is 11.6. The lowest BCUT2D eigenvalue weighted by Crippen LogP contribution is -2.04. The van der Waals surface area contributed by atoms with E-state index in [0.717, 1.165) is 28.5 Å². The quantitative estimate of drug-likeness (QED) is 0.693. The third-order valence-electron chi connectivity index (χ3n) is 3.66. The smallest absolute Gasteiger partial charge is 0.416 e. The van der Waals surface area contributed by atoms with Crippen molar-refractivity contribution in [2.45, 2.75) is 12.6 Å². The van der Waals surface area contributed by atoms with E-state index >= 15 is 0 Å². The molecule has 3 aromatic carbocycles. The number of rotatable bonds is 2. The minimum absolute atomic E-state index is 0.179. The van der Waals surface area contributed by atoms with Gasteiger partial charge in [0.15, 0.2) is 0 Å². The van der Waals surface area contributed by atoms with E-state index in [1.807, 2.05) is 30.3 Å². The van der Waals surface area contributed by atoms with Gasteiger partial charge in [0.2, 0.25) is 0 Å². The summed E-state index contributed by atoms with van der Waals surface area (Å²) >= 11 is 0. The van der Waals surface area contributed by atoms with Crippen LogP contribution in [0.2, 0.25) is 0 Å². The van der Waals surface area contributed by atoms with E-state index in [1.54, 1.807) is 6.07 Å². The van der Waals surface area contributed by atoms with Crippen LogP contribution in [0.1, 0.15) is 16.7 Å². The van der Waals surface area contributed by atoms with Gasteiger partial charge in [-0.15, -0.1) is 0 Å². The molecular formula is C18H13F3O. The van der Waals surface area contributed by atoms with Gasteiger partial charge in [-0.05, 0) is 28.6 Å². The molecule has 0 aliphatic heterocycles. The molecule has 0 bridgehead atoms. The molecular weight excluding hydrogens is 289 g/mol. The lowest BCUT2D eigenvalue weighted by Gasteiger charge is -2.10. The van der Waals surface area contributed by atoms with Crippen LogP contribution in [0.5, 0.6) is 5.75 Å². The molecule has 3 aromatic rings. The van der Waals surface area contributed by atoms with Crippen LogP contribution in [0.4, 0.5) is 13.2 Å². The molecule has 0 atom stereocenters. The van der Waals surface area contributed by atoms with E-state index in [9.17, 15) is 18.3 Å². The number of halogens is 3. The van der Waals surface area contributed by atoms with E-state index in [2.05, 4.69) is 0 Å². The zero-order chi connectivity index (χ0) is 15.7. The van der Waals surface area contributed by atoms with Crippen LogP contribution >= 0.6 is 0 Å². The third-order valence-corrected chi connectivity index (χ3v) is 3.66. The number of aromatic hydroxyl groups is 1. The predicted molar refractivity (Wildman–Crippen MR) is 79.9 cm³/mol. The SMILES string of the molecule is Oc1c(Cc2ccc(C(F)(F)F)cc2)ccc2ccccc12. The van der Waals surface area contributed by atoms with Gasteiger partial charge in [-0.2, -0.15) is 13.2 Å². The first-order valence-corrected chi connectivity index (χ1v) is 6.81. The average molecular weight is 302 g/mol. The van der Waals surface area contributed by atoms with E-state index < -0.39 is 11.7 Å². The predicted octanol–water partition coefficient (Wildman–Crippen LogP) is 5.16. The first kappa shape index (κ1) is 14.4. The molecule has 0 heterocycles. The van der Waals surface area contributed by atoms with Crippen molar-refractivity contribution in [1.29, 1.82) is 0 Å². The number of benzene rings is 3. The van der Waals surface area contributed by atoms with Gasteiger partial charge in [0.1, 0.15) is 5.75 Å². The number of phenolic OH excluding ortho intramolecular Hbond substituents is 1. The minimum Gasteiger partial charge on any atom is -0.507 e. The fourth-order valence-corrected chi connectivity index (χ4v) is 2.47. The Kier molecular flexibility index (Phi) is 3.53. The maximum Gasteiger partial charge on any atom is 0.416 e. The molecule has 0 saturated heterocycles. The molecule has 0 amide bonds. The highest BCUT2D eigenvalue weighted by atomic mass is 19.4. The summed E-state index contributed by atoms with van der Waals surface area (Å²) in [5, 5.41) is 12.0. The van der Waals surface area contributed by atoms with Crippen molar-refractivity contribution >= 4 is 10.8 Å². The standard InChI is InChI=1S/C18H13F3O/c19-18(20,21)15-9-5-12(6-10-15)11-14-8-7-13-3-1-2-4-16(13)17(14)22/h1-10,22H,11H2. The lowest BCUT2D eigenvalue weighted by molar-refractivity contribution is -0.137. The largest absolute Gasteiger partial charge is 0.507 e. The molecule has 0 aliphatic carbocycles. The van der Waals surface area contributed by atoms with Crippen molar-refractivity contribution in [2.24, 2.45) is 0 Å². The van der Waals surface area contributed by atoms with Crippen LogP contribution < -0.4 is 0 Å². The van der Waals surface area contributed by atoms with E-state index in [-0.39, 0.29) is 5.75 Å². The Labute approximate surface area is 125 Å². The van der Waals surface area contributed by atoms with Crippen molar-refractivity contribution in [1.82, 2.24) is 0 Å². The molecule has 0 spiro atoms. The van der Waals surface area contributed by atoms with Crippen molar-refractivity contribution < 1.29 is 18.3 Å². The molecule has 0 aromatic heterocycles. The average Bonchev–Trinajstić information content (AvgIpc) is 2.50. The number of hydrogen-bond acceptors (Lipinski definition) is 1. The van der Waals surface area contributed by atoms with Crippen molar-refractivity contribution in [3.8, 4) is 5.75 Å². The summed E-state index contributed by atoms with van der Waals surface area (Å²) in [6.07, 6.45) is -3.95. The van der Waals surface area contributed by atoms with E-state index in [4.69, 9.17) is 0 Å². The van der Waals surface area contributed by atoms with Gasteiger partial charge >= 0.3 is 6.18 Å². The summed E-state index contributed by atoms with van der Waals surface area (Å²) in [5.74, 6) is 0.179. The van der Waals surface area contributed by atoms with E-state index in [0.29, 0.717) is 12.0 Å². The number of hydrogen-bond donors (Lipinski definition) is 1. The number of phenols is 1. The third kappa shape index (κ3) is 2.77. The molecule has 112 valence electrons. The van der Waals surface area contributed by atoms with Gasteiger partial charge < -0.3 is 5.11 Å². The fourth-order valence-electron chi connectivity index (χ4n) is 2.47. The van der Waals surface area contributed by atoms with Gasteiger partial charge in [-0.25, -0.2) is 0 Å². The molecule has 0 radical (unpaired) electrons. The molecule has 22 heavy (non-hydrogen) atoms. The van der Waals surface area contributed by atoms with Crippen LogP contribution in [0.3, 0.4) is 0 Å². The van der Waals surface area contributed by atoms with Crippen molar-refractivity contribution in [3.63, 3.8) is 0 Å². The first-order chi connectivity index (χ1) is 10.4. The number of fused-ring (bicyclic) bond motifs is 1. The van der Waals surface area contributed by atoms with Crippen LogP contribution in [0.15, 0.2) is 60.7 Å². The second kappa shape index (κ2) is 5.37. The highest BCUT2D eigenvalue weighted by molar-refractivity contribution is 5.89. The van der Waals surface area contributed by atoms with Crippen LogP contribution in [-0.4, -0.2) is 5.11 Å². The van der Waals surface area contributed by atoms with Gasteiger partial charge in [0.25, 0.3) is 0 Å². The Balaban J connectivity index is 1.92. The Morgan fingerprint density at radius 2 is 1.50 bits per heavy atom. The van der Waals surface area contributed by atoms with Gasteiger partial charge in [-0.1, -0.05) is 48.5 Å². The van der Waals surface area contributed by atoms with Crippen LogP contribution in [0.25, 0.3) is 10.8 Å². The molecule has 0 unspecified atom stereocenters. The minimum atomic E-state index is -4.33.